The van der Waals surface area contributed by atoms with Gasteiger partial charge in [0.15, 0.2) is 0 Å². The predicted molar refractivity (Wildman–Crippen MR) is 130 cm³/mol. The number of anilines is 1. The number of aromatic nitrogens is 2. The van der Waals surface area contributed by atoms with Gasteiger partial charge in [-0.1, -0.05) is 23.7 Å². The Balaban J connectivity index is 1.35. The minimum atomic E-state index is -0.0510. The van der Waals surface area contributed by atoms with Crippen molar-refractivity contribution in [2.75, 3.05) is 31.5 Å². The third-order valence-corrected chi connectivity index (χ3v) is 7.08. The third-order valence-electron chi connectivity index (χ3n) is 5.67. The Morgan fingerprint density at radius 2 is 1.77 bits per heavy atom. The quantitative estimate of drug-likeness (QED) is 0.434. The van der Waals surface area contributed by atoms with Crippen LogP contribution in [0.5, 0.6) is 0 Å². The van der Waals surface area contributed by atoms with E-state index in [4.69, 9.17) is 11.6 Å². The monoisotopic (exact) mass is 450 g/mol. The van der Waals surface area contributed by atoms with E-state index in [-0.39, 0.29) is 5.56 Å². The van der Waals surface area contributed by atoms with E-state index in [1.54, 1.807) is 10.9 Å². The molecule has 0 atom stereocenters. The molecule has 1 saturated heterocycles. The lowest BCUT2D eigenvalue weighted by Gasteiger charge is -2.15. The number of likely N-dealkylation sites (tertiary alicyclic amines) is 1. The summed E-state index contributed by atoms with van der Waals surface area (Å²) in [5, 5.41) is 4.16. The van der Waals surface area contributed by atoms with E-state index in [2.05, 4.69) is 15.2 Å². The van der Waals surface area contributed by atoms with Gasteiger partial charge in [0.1, 0.15) is 11.0 Å². The highest BCUT2D eigenvalue weighted by Crippen LogP contribution is 2.31. The van der Waals surface area contributed by atoms with Gasteiger partial charge in [-0.2, -0.15) is 0 Å². The van der Waals surface area contributed by atoms with Crippen LogP contribution in [-0.2, 0) is 0 Å². The van der Waals surface area contributed by atoms with Crippen LogP contribution in [0, 0.1) is 0 Å². The number of hydrogen-bond donors (Lipinski definition) is 1. The predicted octanol–water partition coefficient (Wildman–Crippen LogP) is 5.28. The molecule has 31 heavy (non-hydrogen) atoms. The molecule has 5 rings (SSSR count). The molecule has 2 aromatic carbocycles. The fraction of sp³-hybridized carbons (Fsp3) is 0.250. The minimum absolute atomic E-state index is 0.0510. The Kier molecular flexibility index (Phi) is 5.76. The molecule has 1 aliphatic rings. The van der Waals surface area contributed by atoms with Gasteiger partial charge in [-0.15, -0.1) is 11.3 Å². The van der Waals surface area contributed by atoms with E-state index >= 15 is 0 Å². The Morgan fingerprint density at radius 1 is 1.03 bits per heavy atom. The molecule has 3 heterocycles. The molecule has 5 nitrogen and oxygen atoms in total. The zero-order valence-corrected chi connectivity index (χ0v) is 18.6. The van der Waals surface area contributed by atoms with E-state index < -0.39 is 0 Å². The van der Waals surface area contributed by atoms with Crippen LogP contribution in [0.1, 0.15) is 12.8 Å². The van der Waals surface area contributed by atoms with Crippen LogP contribution >= 0.6 is 22.9 Å². The first-order chi connectivity index (χ1) is 15.2. The highest BCUT2D eigenvalue weighted by molar-refractivity contribution is 7.22. The van der Waals surface area contributed by atoms with E-state index in [9.17, 15) is 4.79 Å². The topological polar surface area (TPSA) is 50.2 Å². The van der Waals surface area contributed by atoms with Crippen molar-refractivity contribution in [3.8, 4) is 16.1 Å². The van der Waals surface area contributed by atoms with Gasteiger partial charge in [-0.05, 0) is 74.0 Å². The van der Waals surface area contributed by atoms with Crippen molar-refractivity contribution >= 4 is 38.8 Å². The lowest BCUT2D eigenvalue weighted by atomic mass is 10.2. The summed E-state index contributed by atoms with van der Waals surface area (Å²) < 4.78 is 2.26. The van der Waals surface area contributed by atoms with Gasteiger partial charge in [0, 0.05) is 28.7 Å². The van der Waals surface area contributed by atoms with Gasteiger partial charge in [-0.25, -0.2) is 4.98 Å². The number of benzene rings is 2. The molecule has 0 saturated carbocycles. The second-order valence-electron chi connectivity index (χ2n) is 7.77. The molecule has 2 aromatic heterocycles. The first-order valence-electron chi connectivity index (χ1n) is 10.5. The first-order valence-corrected chi connectivity index (χ1v) is 11.7. The zero-order valence-electron chi connectivity index (χ0n) is 17.1. The van der Waals surface area contributed by atoms with E-state index in [0.29, 0.717) is 9.72 Å². The van der Waals surface area contributed by atoms with E-state index in [1.165, 1.54) is 37.3 Å². The Labute approximate surface area is 189 Å². The first kappa shape index (κ1) is 20.2. The number of rotatable bonds is 6. The van der Waals surface area contributed by atoms with Gasteiger partial charge >= 0.3 is 0 Å². The maximum atomic E-state index is 13.1. The summed E-state index contributed by atoms with van der Waals surface area (Å²) >= 11 is 7.45. The van der Waals surface area contributed by atoms with Gasteiger partial charge in [0.05, 0.1) is 11.2 Å². The SMILES string of the molecule is O=c1c2sc(-c3ccc(Cl)cc3)cc2ncn1-c1ccc(NCCN2CCCC2)cc1. The second-order valence-corrected chi connectivity index (χ2v) is 9.26. The average Bonchev–Trinajstić information content (AvgIpc) is 3.46. The number of nitrogens with one attached hydrogen (secondary N) is 1. The lowest BCUT2D eigenvalue weighted by molar-refractivity contribution is 0.352. The minimum Gasteiger partial charge on any atom is -0.384 e. The standard InChI is InChI=1S/C24H23ClN4OS/c25-18-5-3-17(4-6-18)22-15-21-23(31-22)24(30)29(16-27-21)20-9-7-19(8-10-20)26-11-14-28-12-1-2-13-28/h3-10,15-16,26H,1-2,11-14H2. The number of thiophene rings is 1. The van der Waals surface area contributed by atoms with Crippen molar-refractivity contribution in [3.63, 3.8) is 0 Å². The number of nitrogens with zero attached hydrogens (tertiary/aromatic N) is 3. The molecular weight excluding hydrogens is 428 g/mol. The van der Waals surface area contributed by atoms with E-state index in [0.717, 1.165) is 40.4 Å². The third kappa shape index (κ3) is 4.37. The van der Waals surface area contributed by atoms with Gasteiger partial charge in [0.25, 0.3) is 5.56 Å². The molecule has 1 fully saturated rings. The normalized spacial score (nSPS) is 14.4. The summed E-state index contributed by atoms with van der Waals surface area (Å²) in [5.74, 6) is 0. The molecule has 0 amide bonds. The smallest absolute Gasteiger partial charge is 0.275 e. The van der Waals surface area contributed by atoms with Crippen LogP contribution in [0.2, 0.25) is 5.02 Å². The molecule has 0 radical (unpaired) electrons. The molecule has 1 N–H and O–H groups in total. The fourth-order valence-corrected chi connectivity index (χ4v) is 5.13. The van der Waals surface area contributed by atoms with Crippen LogP contribution in [0.3, 0.4) is 0 Å². The maximum Gasteiger partial charge on any atom is 0.275 e. The fourth-order valence-electron chi connectivity index (χ4n) is 3.96. The summed E-state index contributed by atoms with van der Waals surface area (Å²) in [6, 6.07) is 17.5. The number of fused-ring (bicyclic) bond motifs is 1. The molecule has 158 valence electrons. The highest BCUT2D eigenvalue weighted by atomic mass is 35.5. The average molecular weight is 451 g/mol. The summed E-state index contributed by atoms with van der Waals surface area (Å²) in [4.78, 5) is 21.1. The Morgan fingerprint density at radius 3 is 2.52 bits per heavy atom. The van der Waals surface area contributed by atoms with Crippen molar-refractivity contribution in [1.29, 1.82) is 0 Å². The second kappa shape index (κ2) is 8.83. The molecule has 0 bridgehead atoms. The molecule has 4 aromatic rings. The largest absolute Gasteiger partial charge is 0.384 e. The summed E-state index contributed by atoms with van der Waals surface area (Å²) in [6.07, 6.45) is 4.24. The van der Waals surface area contributed by atoms with Crippen molar-refractivity contribution in [3.05, 3.63) is 76.3 Å². The number of halogens is 1. The summed E-state index contributed by atoms with van der Waals surface area (Å²) in [5.41, 5.74) is 3.57. The molecule has 0 spiro atoms. The molecule has 1 aliphatic heterocycles. The summed E-state index contributed by atoms with van der Waals surface area (Å²) in [6.45, 7) is 4.41. The Hall–Kier alpha value is -2.67. The van der Waals surface area contributed by atoms with Gasteiger partial charge in [-0.3, -0.25) is 9.36 Å². The van der Waals surface area contributed by atoms with Crippen LogP contribution in [-0.4, -0.2) is 40.6 Å². The maximum absolute atomic E-state index is 13.1. The molecule has 7 heteroatoms. The Bertz CT molecular complexity index is 1240. The molecule has 0 unspecified atom stereocenters. The summed E-state index contributed by atoms with van der Waals surface area (Å²) in [7, 11) is 0. The van der Waals surface area contributed by atoms with Crippen LogP contribution < -0.4 is 10.9 Å². The van der Waals surface area contributed by atoms with Crippen LogP contribution in [0.4, 0.5) is 5.69 Å². The lowest BCUT2D eigenvalue weighted by Crippen LogP contribution is -2.25. The van der Waals surface area contributed by atoms with E-state index in [1.807, 2.05) is 54.6 Å². The highest BCUT2D eigenvalue weighted by Gasteiger charge is 2.12. The van der Waals surface area contributed by atoms with Crippen molar-refractivity contribution in [2.24, 2.45) is 0 Å². The van der Waals surface area contributed by atoms with Gasteiger partial charge < -0.3 is 10.2 Å². The zero-order chi connectivity index (χ0) is 21.2. The number of hydrogen-bond acceptors (Lipinski definition) is 5. The van der Waals surface area contributed by atoms with Crippen molar-refractivity contribution < 1.29 is 0 Å². The van der Waals surface area contributed by atoms with Crippen molar-refractivity contribution in [1.82, 2.24) is 14.5 Å². The molecular formula is C24H23ClN4OS. The van der Waals surface area contributed by atoms with Gasteiger partial charge in [0.2, 0.25) is 0 Å². The van der Waals surface area contributed by atoms with Crippen LogP contribution in [0.25, 0.3) is 26.3 Å². The van der Waals surface area contributed by atoms with Crippen molar-refractivity contribution in [2.45, 2.75) is 12.8 Å². The molecule has 0 aliphatic carbocycles. The van der Waals surface area contributed by atoms with Crippen LogP contribution in [0.15, 0.2) is 65.7 Å².